The molecule has 5 heteroatoms. The molecule has 1 aliphatic rings. The van der Waals surface area contributed by atoms with Crippen LogP contribution >= 0.6 is 23.2 Å². The third kappa shape index (κ3) is 2.76. The topological polar surface area (TPSA) is 39.1 Å². The van der Waals surface area contributed by atoms with E-state index in [-0.39, 0.29) is 5.96 Å². The maximum Gasteiger partial charge on any atom is 0.199 e. The van der Waals surface area contributed by atoms with Crippen LogP contribution in [0, 0.1) is 5.41 Å². The maximum absolute atomic E-state index is 8.42. The average Bonchev–Trinajstić information content (AvgIpc) is 3.04. The van der Waals surface area contributed by atoms with Gasteiger partial charge < -0.3 is 10.2 Å². The third-order valence-electron chi connectivity index (χ3n) is 4.43. The number of rotatable bonds is 2. The lowest BCUT2D eigenvalue weighted by molar-refractivity contribution is 1.21. The van der Waals surface area contributed by atoms with Gasteiger partial charge in [0.1, 0.15) is 0 Å². The maximum atomic E-state index is 8.42. The molecule has 3 nitrogen and oxygen atoms in total. The molecule has 3 aromatic rings. The Morgan fingerprint density at radius 1 is 0.960 bits per heavy atom. The second kappa shape index (κ2) is 6.10. The van der Waals surface area contributed by atoms with Crippen molar-refractivity contribution in [3.05, 3.63) is 69.7 Å². The molecule has 25 heavy (non-hydrogen) atoms. The van der Waals surface area contributed by atoms with E-state index >= 15 is 0 Å². The highest BCUT2D eigenvalue weighted by Crippen LogP contribution is 2.35. The molecule has 124 valence electrons. The van der Waals surface area contributed by atoms with Gasteiger partial charge in [-0.05, 0) is 40.8 Å². The van der Waals surface area contributed by atoms with Gasteiger partial charge in [-0.15, -0.1) is 0 Å². The number of nitrogens with zero attached hydrogens (tertiary/aromatic N) is 1. The van der Waals surface area contributed by atoms with Crippen molar-refractivity contribution in [2.24, 2.45) is 0 Å². The highest BCUT2D eigenvalue weighted by Gasteiger charge is 2.14. The van der Waals surface area contributed by atoms with E-state index in [1.54, 1.807) is 17.0 Å². The Balaban J connectivity index is 1.65. The van der Waals surface area contributed by atoms with Crippen molar-refractivity contribution in [1.82, 2.24) is 0 Å². The molecule has 0 fully saturated rings. The lowest BCUT2D eigenvalue weighted by atomic mass is 10.0. The van der Waals surface area contributed by atoms with Crippen LogP contribution in [-0.2, 0) is 0 Å². The van der Waals surface area contributed by atoms with Gasteiger partial charge in [0.05, 0.1) is 10.0 Å². The van der Waals surface area contributed by atoms with Crippen molar-refractivity contribution in [3.8, 4) is 0 Å². The zero-order chi connectivity index (χ0) is 17.6. The number of anilines is 2. The third-order valence-corrected chi connectivity index (χ3v) is 5.17. The number of halogens is 2. The van der Waals surface area contributed by atoms with Crippen molar-refractivity contribution in [1.29, 1.82) is 5.41 Å². The highest BCUT2D eigenvalue weighted by molar-refractivity contribution is 6.42. The molecule has 0 heterocycles. The van der Waals surface area contributed by atoms with E-state index in [1.807, 2.05) is 25.2 Å². The van der Waals surface area contributed by atoms with Crippen molar-refractivity contribution < 1.29 is 0 Å². The summed E-state index contributed by atoms with van der Waals surface area (Å²) in [5.41, 5.74) is 4.11. The summed E-state index contributed by atoms with van der Waals surface area (Å²) < 4.78 is 0. The van der Waals surface area contributed by atoms with Gasteiger partial charge in [0.25, 0.3) is 0 Å². The van der Waals surface area contributed by atoms with Crippen LogP contribution in [0.1, 0.15) is 11.1 Å². The number of hydrogen-bond donors (Lipinski definition) is 2. The second-order valence-electron chi connectivity index (χ2n) is 5.94. The summed E-state index contributed by atoms with van der Waals surface area (Å²) in [6, 6.07) is 15.6. The molecule has 2 N–H and O–H groups in total. The van der Waals surface area contributed by atoms with E-state index in [4.69, 9.17) is 28.6 Å². The van der Waals surface area contributed by atoms with Crippen molar-refractivity contribution in [2.45, 2.75) is 0 Å². The van der Waals surface area contributed by atoms with Crippen LogP contribution in [0.25, 0.3) is 22.9 Å². The van der Waals surface area contributed by atoms with Crippen LogP contribution in [0.15, 0.2) is 48.5 Å². The Labute approximate surface area is 156 Å². The van der Waals surface area contributed by atoms with Gasteiger partial charge >= 0.3 is 0 Å². The first kappa shape index (κ1) is 16.0. The van der Waals surface area contributed by atoms with Gasteiger partial charge in [-0.2, -0.15) is 0 Å². The molecule has 0 saturated heterocycles. The normalized spacial score (nSPS) is 11.8. The summed E-state index contributed by atoms with van der Waals surface area (Å²) >= 11 is 12.1. The summed E-state index contributed by atoms with van der Waals surface area (Å²) in [5.74, 6) is 0.255. The summed E-state index contributed by atoms with van der Waals surface area (Å²) in [4.78, 5) is 1.73. The lowest BCUT2D eigenvalue weighted by Crippen LogP contribution is -2.32. The predicted octanol–water partition coefficient (Wildman–Crippen LogP) is 6.11. The molecule has 3 aromatic carbocycles. The van der Waals surface area contributed by atoms with E-state index in [0.29, 0.717) is 10.0 Å². The Bertz CT molecular complexity index is 1030. The van der Waals surface area contributed by atoms with E-state index in [2.05, 4.69) is 35.7 Å². The van der Waals surface area contributed by atoms with Crippen LogP contribution in [0.3, 0.4) is 0 Å². The number of benzene rings is 3. The fraction of sp³-hybridized carbons (Fsp3) is 0.0500. The first-order valence-electron chi connectivity index (χ1n) is 7.83. The molecule has 0 bridgehead atoms. The van der Waals surface area contributed by atoms with Crippen LogP contribution in [-0.4, -0.2) is 13.0 Å². The molecule has 0 radical (unpaired) electrons. The predicted molar refractivity (Wildman–Crippen MR) is 109 cm³/mol. The van der Waals surface area contributed by atoms with Crippen molar-refractivity contribution >= 4 is 63.5 Å². The van der Waals surface area contributed by atoms with E-state index in [9.17, 15) is 0 Å². The number of nitrogens with one attached hydrogen (secondary N) is 2. The summed E-state index contributed by atoms with van der Waals surface area (Å²) in [6.45, 7) is 0. The fourth-order valence-electron chi connectivity index (χ4n) is 3.06. The molecule has 0 aromatic heterocycles. The van der Waals surface area contributed by atoms with E-state index in [0.717, 1.165) is 16.8 Å². The zero-order valence-corrected chi connectivity index (χ0v) is 15.0. The number of guanidine groups is 1. The average molecular weight is 368 g/mol. The van der Waals surface area contributed by atoms with Crippen LogP contribution < -0.4 is 10.2 Å². The van der Waals surface area contributed by atoms with Gasteiger partial charge in [0, 0.05) is 23.8 Å². The second-order valence-corrected chi connectivity index (χ2v) is 6.75. The Kier molecular flexibility index (Phi) is 3.91. The molecule has 0 aliphatic heterocycles. The number of hydrogen-bond acceptors (Lipinski definition) is 1. The van der Waals surface area contributed by atoms with Crippen LogP contribution in [0.5, 0.6) is 0 Å². The quantitative estimate of drug-likeness (QED) is 0.331. The highest BCUT2D eigenvalue weighted by atomic mass is 35.5. The molecular weight excluding hydrogens is 353 g/mol. The smallest absolute Gasteiger partial charge is 0.199 e. The van der Waals surface area contributed by atoms with Crippen LogP contribution in [0.2, 0.25) is 10.0 Å². The monoisotopic (exact) mass is 367 g/mol. The minimum atomic E-state index is 0.255. The fourth-order valence-corrected chi connectivity index (χ4v) is 3.36. The van der Waals surface area contributed by atoms with Gasteiger partial charge in [-0.1, -0.05) is 59.6 Å². The Hall–Kier alpha value is -2.49. The minimum Gasteiger partial charge on any atom is -0.326 e. The largest absolute Gasteiger partial charge is 0.326 e. The van der Waals surface area contributed by atoms with Crippen molar-refractivity contribution in [3.63, 3.8) is 0 Å². The van der Waals surface area contributed by atoms with Gasteiger partial charge in [-0.3, -0.25) is 5.41 Å². The summed E-state index contributed by atoms with van der Waals surface area (Å²) in [7, 11) is 1.82. The first-order chi connectivity index (χ1) is 12.0. The standard InChI is InChI=1S/C20H15Cl2N3/c1-25(14-8-9-16(21)17(22)11-14)20(23)24-18-10-7-13-6-5-12-3-2-4-15(18)19(12)13/h2-11H,1H3,(H2,23,24). The zero-order valence-electron chi connectivity index (χ0n) is 13.5. The first-order valence-corrected chi connectivity index (χ1v) is 8.58. The summed E-state index contributed by atoms with van der Waals surface area (Å²) in [5, 5.41) is 14.9. The Morgan fingerprint density at radius 3 is 2.48 bits per heavy atom. The van der Waals surface area contributed by atoms with E-state index < -0.39 is 0 Å². The molecule has 0 unspecified atom stereocenters. The van der Waals surface area contributed by atoms with E-state index in [1.165, 1.54) is 16.5 Å². The molecular formula is C20H15Cl2N3. The minimum absolute atomic E-state index is 0.255. The Morgan fingerprint density at radius 2 is 1.72 bits per heavy atom. The SMILES string of the molecule is CN(C(=N)Nc1ccc2c3c(cccc13)C=C2)c1ccc(Cl)c(Cl)c1. The molecule has 0 atom stereocenters. The molecule has 0 spiro atoms. The summed E-state index contributed by atoms with van der Waals surface area (Å²) in [6.07, 6.45) is 4.24. The van der Waals surface area contributed by atoms with Crippen molar-refractivity contribution in [2.75, 3.05) is 17.3 Å². The molecule has 0 saturated carbocycles. The molecule has 0 amide bonds. The molecule has 1 aliphatic carbocycles. The van der Waals surface area contributed by atoms with Gasteiger partial charge in [0.2, 0.25) is 0 Å². The van der Waals surface area contributed by atoms with Gasteiger partial charge in [0.15, 0.2) is 5.96 Å². The molecule has 4 rings (SSSR count). The lowest BCUT2D eigenvalue weighted by Gasteiger charge is -2.22. The van der Waals surface area contributed by atoms with Gasteiger partial charge in [-0.25, -0.2) is 0 Å². The van der Waals surface area contributed by atoms with Crippen LogP contribution in [0.4, 0.5) is 11.4 Å².